The highest BCUT2D eigenvalue weighted by Gasteiger charge is 2.32. The molecule has 0 aliphatic carbocycles. The van der Waals surface area contributed by atoms with Gasteiger partial charge in [-0.2, -0.15) is 4.31 Å². The van der Waals surface area contributed by atoms with E-state index in [-0.39, 0.29) is 35.0 Å². The van der Waals surface area contributed by atoms with Gasteiger partial charge in [0, 0.05) is 48.6 Å². The molecule has 1 aliphatic rings. The van der Waals surface area contributed by atoms with Gasteiger partial charge in [-0.3, -0.25) is 4.79 Å². The first kappa shape index (κ1) is 22.2. The zero-order valence-electron chi connectivity index (χ0n) is 16.9. The number of sulfonamides is 1. The summed E-state index contributed by atoms with van der Waals surface area (Å²) in [6.07, 6.45) is 0. The Bertz CT molecular complexity index is 1040. The summed E-state index contributed by atoms with van der Waals surface area (Å²) in [7, 11) is -3.78. The molecule has 158 valence electrons. The molecule has 0 bridgehead atoms. The van der Waals surface area contributed by atoms with Gasteiger partial charge in [-0.1, -0.05) is 23.2 Å². The first-order valence-electron chi connectivity index (χ1n) is 9.47. The van der Waals surface area contributed by atoms with E-state index in [1.165, 1.54) is 16.4 Å². The van der Waals surface area contributed by atoms with Crippen LogP contribution in [0.1, 0.15) is 41.6 Å². The van der Waals surface area contributed by atoms with Crippen LogP contribution in [0.4, 0.5) is 0 Å². The van der Waals surface area contributed by atoms with E-state index in [4.69, 9.17) is 23.2 Å². The molecule has 1 amide bonds. The normalized spacial score (nSPS) is 15.9. The van der Waals surface area contributed by atoms with Crippen molar-refractivity contribution in [3.8, 4) is 0 Å². The van der Waals surface area contributed by atoms with Crippen LogP contribution in [0, 0.1) is 13.8 Å². The van der Waals surface area contributed by atoms with Crippen LogP contribution < -0.4 is 0 Å². The fraction of sp³-hybridized carbons (Fsp3) is 0.450. The number of amides is 1. The standard InChI is InChI=1S/C20H25Cl2N3O3S/c1-13(2)25-14(3)11-17(15(25)4)20(26)23-7-9-24(10-8-23)29(27,28)19-12-16(21)5-6-18(19)22/h5-6,11-13H,7-10H2,1-4H3. The highest BCUT2D eigenvalue weighted by Crippen LogP contribution is 2.29. The van der Waals surface area contributed by atoms with Crippen LogP contribution >= 0.6 is 23.2 Å². The summed E-state index contributed by atoms with van der Waals surface area (Å²) >= 11 is 12.0. The number of piperazine rings is 1. The lowest BCUT2D eigenvalue weighted by molar-refractivity contribution is 0.0697. The minimum Gasteiger partial charge on any atom is -0.346 e. The molecule has 0 spiro atoms. The number of carbonyl (C=O) groups is 1. The Morgan fingerprint density at radius 2 is 1.66 bits per heavy atom. The Labute approximate surface area is 182 Å². The molecule has 9 heteroatoms. The SMILES string of the molecule is Cc1cc(C(=O)N2CCN(S(=O)(=O)c3cc(Cl)ccc3Cl)CC2)c(C)n1C(C)C. The van der Waals surface area contributed by atoms with Crippen LogP contribution in [-0.4, -0.2) is 54.3 Å². The first-order chi connectivity index (χ1) is 13.5. The third-order valence-corrected chi connectivity index (χ3v) is 7.88. The molecule has 1 fully saturated rings. The van der Waals surface area contributed by atoms with Gasteiger partial charge in [0.2, 0.25) is 10.0 Å². The second-order valence-corrected chi connectivity index (χ2v) is 10.3. The van der Waals surface area contributed by atoms with Crippen molar-refractivity contribution in [2.45, 2.75) is 38.6 Å². The quantitative estimate of drug-likeness (QED) is 0.692. The summed E-state index contributed by atoms with van der Waals surface area (Å²) in [6.45, 7) is 9.16. The number of aromatic nitrogens is 1. The minimum absolute atomic E-state index is 0.00748. The van der Waals surface area contributed by atoms with Gasteiger partial charge in [0.05, 0.1) is 10.6 Å². The smallest absolute Gasteiger partial charge is 0.255 e. The zero-order valence-corrected chi connectivity index (χ0v) is 19.3. The van der Waals surface area contributed by atoms with Crippen molar-refractivity contribution in [2.75, 3.05) is 26.2 Å². The van der Waals surface area contributed by atoms with Crippen LogP contribution in [-0.2, 0) is 10.0 Å². The molecule has 6 nitrogen and oxygen atoms in total. The van der Waals surface area contributed by atoms with E-state index in [0.717, 1.165) is 11.4 Å². The van der Waals surface area contributed by atoms with Crippen LogP contribution in [0.3, 0.4) is 0 Å². The van der Waals surface area contributed by atoms with Gasteiger partial charge in [-0.25, -0.2) is 8.42 Å². The maximum atomic E-state index is 13.0. The number of aryl methyl sites for hydroxylation is 1. The van der Waals surface area contributed by atoms with E-state index in [9.17, 15) is 13.2 Å². The molecular formula is C20H25Cl2N3O3S. The van der Waals surface area contributed by atoms with Gasteiger partial charge in [0.25, 0.3) is 5.91 Å². The van der Waals surface area contributed by atoms with Gasteiger partial charge in [-0.15, -0.1) is 0 Å². The predicted octanol–water partition coefficient (Wildman–Crippen LogP) is 4.14. The second-order valence-electron chi connectivity index (χ2n) is 7.52. The third kappa shape index (κ3) is 4.19. The minimum atomic E-state index is -3.78. The molecule has 0 atom stereocenters. The molecule has 0 radical (unpaired) electrons. The van der Waals surface area contributed by atoms with Crippen molar-refractivity contribution < 1.29 is 13.2 Å². The Morgan fingerprint density at radius 1 is 1.03 bits per heavy atom. The molecule has 1 aromatic carbocycles. The lowest BCUT2D eigenvalue weighted by Crippen LogP contribution is -2.50. The van der Waals surface area contributed by atoms with Gasteiger partial charge >= 0.3 is 0 Å². The van der Waals surface area contributed by atoms with Crippen molar-refractivity contribution in [3.63, 3.8) is 0 Å². The first-order valence-corrected chi connectivity index (χ1v) is 11.7. The molecule has 2 aromatic rings. The van der Waals surface area contributed by atoms with Crippen LogP contribution in [0.15, 0.2) is 29.2 Å². The number of benzene rings is 1. The van der Waals surface area contributed by atoms with Gasteiger partial charge in [0.15, 0.2) is 0 Å². The molecule has 29 heavy (non-hydrogen) atoms. The van der Waals surface area contributed by atoms with Crippen molar-refractivity contribution in [1.29, 1.82) is 0 Å². The molecule has 1 saturated heterocycles. The maximum Gasteiger partial charge on any atom is 0.255 e. The molecular weight excluding hydrogens is 433 g/mol. The number of carbonyl (C=O) groups excluding carboxylic acids is 1. The molecule has 0 unspecified atom stereocenters. The summed E-state index contributed by atoms with van der Waals surface area (Å²) in [5.74, 6) is -0.0668. The molecule has 3 rings (SSSR count). The lowest BCUT2D eigenvalue weighted by Gasteiger charge is -2.34. The average molecular weight is 458 g/mol. The predicted molar refractivity (Wildman–Crippen MR) is 115 cm³/mol. The molecule has 1 aliphatic heterocycles. The van der Waals surface area contributed by atoms with E-state index in [2.05, 4.69) is 18.4 Å². The number of halogens is 2. The summed E-state index contributed by atoms with van der Waals surface area (Å²) in [5.41, 5.74) is 2.64. The monoisotopic (exact) mass is 457 g/mol. The Kier molecular flexibility index (Phi) is 6.34. The summed E-state index contributed by atoms with van der Waals surface area (Å²) in [6, 6.07) is 6.55. The second kappa shape index (κ2) is 8.30. The zero-order chi connectivity index (χ0) is 21.5. The number of hydrogen-bond donors (Lipinski definition) is 0. The molecule has 1 aromatic heterocycles. The molecule has 0 saturated carbocycles. The summed E-state index contributed by atoms with van der Waals surface area (Å²) in [4.78, 5) is 14.7. The summed E-state index contributed by atoms with van der Waals surface area (Å²) < 4.78 is 29.4. The van der Waals surface area contributed by atoms with Gasteiger partial charge in [0.1, 0.15) is 4.90 Å². The highest BCUT2D eigenvalue weighted by atomic mass is 35.5. The van der Waals surface area contributed by atoms with Crippen molar-refractivity contribution >= 4 is 39.1 Å². The van der Waals surface area contributed by atoms with E-state index in [0.29, 0.717) is 23.7 Å². The van der Waals surface area contributed by atoms with Crippen LogP contribution in [0.5, 0.6) is 0 Å². The van der Waals surface area contributed by atoms with Crippen molar-refractivity contribution in [3.05, 3.63) is 51.3 Å². The molecule has 2 heterocycles. The van der Waals surface area contributed by atoms with Crippen molar-refractivity contribution in [2.24, 2.45) is 0 Å². The van der Waals surface area contributed by atoms with E-state index in [1.54, 1.807) is 11.0 Å². The largest absolute Gasteiger partial charge is 0.346 e. The van der Waals surface area contributed by atoms with Crippen LogP contribution in [0.25, 0.3) is 0 Å². The molecule has 0 N–H and O–H groups in total. The van der Waals surface area contributed by atoms with Crippen molar-refractivity contribution in [1.82, 2.24) is 13.8 Å². The maximum absolute atomic E-state index is 13.0. The Balaban J connectivity index is 1.76. The Hall–Kier alpha value is -1.54. The average Bonchev–Trinajstić information content (AvgIpc) is 2.97. The highest BCUT2D eigenvalue weighted by molar-refractivity contribution is 7.89. The topological polar surface area (TPSA) is 62.6 Å². The Morgan fingerprint density at radius 3 is 2.21 bits per heavy atom. The van der Waals surface area contributed by atoms with Gasteiger partial charge in [-0.05, 0) is 52.0 Å². The number of rotatable bonds is 4. The fourth-order valence-electron chi connectivity index (χ4n) is 3.90. The number of nitrogens with zero attached hydrogens (tertiary/aromatic N) is 3. The fourth-order valence-corrected chi connectivity index (χ4v) is 6.06. The third-order valence-electron chi connectivity index (χ3n) is 5.27. The lowest BCUT2D eigenvalue weighted by atomic mass is 10.2. The van der Waals surface area contributed by atoms with E-state index < -0.39 is 10.0 Å². The van der Waals surface area contributed by atoms with E-state index >= 15 is 0 Å². The summed E-state index contributed by atoms with van der Waals surface area (Å²) in [5, 5.41) is 0.441. The number of hydrogen-bond acceptors (Lipinski definition) is 3. The van der Waals surface area contributed by atoms with Gasteiger partial charge < -0.3 is 9.47 Å². The van der Waals surface area contributed by atoms with Crippen LogP contribution in [0.2, 0.25) is 10.0 Å². The van der Waals surface area contributed by atoms with E-state index in [1.807, 2.05) is 19.9 Å².